The Labute approximate surface area is 197 Å². The number of nitrogens with zero attached hydrogens (tertiary/aromatic N) is 2. The minimum atomic E-state index is -0.978. The van der Waals surface area contributed by atoms with E-state index in [9.17, 15) is 9.59 Å². The molecule has 1 amide bonds. The Kier molecular flexibility index (Phi) is 6.53. The van der Waals surface area contributed by atoms with Gasteiger partial charge in [0.25, 0.3) is 5.91 Å². The van der Waals surface area contributed by atoms with Gasteiger partial charge in [-0.15, -0.1) is 0 Å². The van der Waals surface area contributed by atoms with E-state index in [0.29, 0.717) is 16.6 Å². The number of benzene rings is 3. The number of amidine groups is 1. The van der Waals surface area contributed by atoms with Crippen LogP contribution in [0.1, 0.15) is 21.5 Å². The third kappa shape index (κ3) is 5.23. The van der Waals surface area contributed by atoms with Gasteiger partial charge in [0, 0.05) is 3.57 Å². The van der Waals surface area contributed by atoms with Crippen LogP contribution in [0.15, 0.2) is 88.8 Å². The maximum absolute atomic E-state index is 13.2. The fraction of sp³-hybridized carbons (Fsp3) is 0.0417. The summed E-state index contributed by atoms with van der Waals surface area (Å²) >= 11 is 3.59. The molecule has 0 unspecified atom stereocenters. The zero-order valence-electron chi connectivity index (χ0n) is 16.2. The number of carboxylic acids is 1. The average molecular weight is 540 g/mol. The Morgan fingerprint density at radius 1 is 1.03 bits per heavy atom. The van der Waals surface area contributed by atoms with Crippen LogP contribution in [0.3, 0.4) is 0 Å². The van der Waals surface area contributed by atoms with Gasteiger partial charge >= 0.3 is 5.97 Å². The van der Waals surface area contributed by atoms with Gasteiger partial charge in [0.2, 0.25) is 0 Å². The van der Waals surface area contributed by atoms with Gasteiger partial charge in [0.1, 0.15) is 0 Å². The largest absolute Gasteiger partial charge is 0.478 e. The van der Waals surface area contributed by atoms with Crippen molar-refractivity contribution in [3.63, 3.8) is 0 Å². The number of rotatable bonds is 5. The molecule has 3 aromatic carbocycles. The molecule has 1 N–H and O–H groups in total. The van der Waals surface area contributed by atoms with E-state index in [1.165, 1.54) is 11.8 Å². The zero-order chi connectivity index (χ0) is 21.8. The smallest absolute Gasteiger partial charge is 0.335 e. The fourth-order valence-electron chi connectivity index (χ4n) is 3.03. The topological polar surface area (TPSA) is 70.0 Å². The molecule has 154 valence electrons. The number of aromatic carboxylic acids is 1. The number of halogens is 1. The SMILES string of the molecule is O=C(O)c1ccc(CN2C(=O)C(=Cc3cccc(I)c3)SC2=Nc2ccccc2)cc1. The summed E-state index contributed by atoms with van der Waals surface area (Å²) in [7, 11) is 0. The van der Waals surface area contributed by atoms with Gasteiger partial charge < -0.3 is 5.11 Å². The normalized spacial score (nSPS) is 16.3. The Morgan fingerprint density at radius 3 is 2.45 bits per heavy atom. The minimum Gasteiger partial charge on any atom is -0.478 e. The van der Waals surface area contributed by atoms with Crippen molar-refractivity contribution in [2.24, 2.45) is 4.99 Å². The molecule has 0 aromatic heterocycles. The van der Waals surface area contributed by atoms with E-state index in [-0.39, 0.29) is 11.5 Å². The van der Waals surface area contributed by atoms with Gasteiger partial charge in [0.05, 0.1) is 22.7 Å². The highest BCUT2D eigenvalue weighted by molar-refractivity contribution is 14.1. The van der Waals surface area contributed by atoms with E-state index in [4.69, 9.17) is 5.11 Å². The molecule has 3 aromatic rings. The molecular weight excluding hydrogens is 523 g/mol. The fourth-order valence-corrected chi connectivity index (χ4v) is 4.59. The Balaban J connectivity index is 1.67. The van der Waals surface area contributed by atoms with E-state index in [1.54, 1.807) is 29.2 Å². The summed E-state index contributed by atoms with van der Waals surface area (Å²) in [6.45, 7) is 0.307. The lowest BCUT2D eigenvalue weighted by atomic mass is 10.1. The second-order valence-corrected chi connectivity index (χ2v) is 9.04. The first-order valence-corrected chi connectivity index (χ1v) is 11.3. The molecule has 4 rings (SSSR count). The molecule has 0 radical (unpaired) electrons. The highest BCUT2D eigenvalue weighted by Crippen LogP contribution is 2.35. The van der Waals surface area contributed by atoms with Crippen LogP contribution in [-0.4, -0.2) is 27.1 Å². The van der Waals surface area contributed by atoms with Crippen molar-refractivity contribution in [2.75, 3.05) is 0 Å². The molecule has 5 nitrogen and oxygen atoms in total. The van der Waals surface area contributed by atoms with E-state index in [1.807, 2.05) is 60.7 Å². The summed E-state index contributed by atoms with van der Waals surface area (Å²) in [4.78, 5) is 31.3. The average Bonchev–Trinajstić information content (AvgIpc) is 3.03. The Hall–Kier alpha value is -2.91. The second-order valence-electron chi connectivity index (χ2n) is 6.79. The van der Waals surface area contributed by atoms with E-state index in [0.717, 1.165) is 20.4 Å². The van der Waals surface area contributed by atoms with Gasteiger partial charge in [-0.05, 0) is 88.0 Å². The van der Waals surface area contributed by atoms with Crippen LogP contribution in [0.25, 0.3) is 6.08 Å². The number of aliphatic imine (C=N–C) groups is 1. The van der Waals surface area contributed by atoms with Crippen LogP contribution >= 0.6 is 34.4 Å². The van der Waals surface area contributed by atoms with Gasteiger partial charge in [-0.1, -0.05) is 42.5 Å². The predicted molar refractivity (Wildman–Crippen MR) is 132 cm³/mol. The van der Waals surface area contributed by atoms with E-state index >= 15 is 0 Å². The monoisotopic (exact) mass is 540 g/mol. The third-order valence-electron chi connectivity index (χ3n) is 4.56. The summed E-state index contributed by atoms with van der Waals surface area (Å²) in [5.74, 6) is -1.10. The number of hydrogen-bond acceptors (Lipinski definition) is 4. The minimum absolute atomic E-state index is 0.124. The van der Waals surface area contributed by atoms with Crippen molar-refractivity contribution in [3.05, 3.63) is 104 Å². The molecule has 0 aliphatic carbocycles. The third-order valence-corrected chi connectivity index (χ3v) is 6.23. The van der Waals surface area contributed by atoms with Crippen molar-refractivity contribution in [1.29, 1.82) is 0 Å². The van der Waals surface area contributed by atoms with Gasteiger partial charge in [0.15, 0.2) is 5.17 Å². The molecule has 0 atom stereocenters. The molecule has 1 fully saturated rings. The molecular formula is C24H17IN2O3S. The lowest BCUT2D eigenvalue weighted by Gasteiger charge is -2.16. The van der Waals surface area contributed by atoms with Crippen LogP contribution in [0, 0.1) is 3.57 Å². The molecule has 31 heavy (non-hydrogen) atoms. The maximum Gasteiger partial charge on any atom is 0.335 e. The number of para-hydroxylation sites is 1. The molecule has 0 spiro atoms. The predicted octanol–water partition coefficient (Wildman–Crippen LogP) is 5.79. The second kappa shape index (κ2) is 9.49. The van der Waals surface area contributed by atoms with E-state index < -0.39 is 5.97 Å². The van der Waals surface area contributed by atoms with Crippen molar-refractivity contribution in [3.8, 4) is 0 Å². The van der Waals surface area contributed by atoms with Crippen molar-refractivity contribution in [1.82, 2.24) is 4.90 Å². The van der Waals surface area contributed by atoms with Crippen LogP contribution in [0.2, 0.25) is 0 Å². The highest BCUT2D eigenvalue weighted by Gasteiger charge is 2.33. The molecule has 7 heteroatoms. The van der Waals surface area contributed by atoms with E-state index in [2.05, 4.69) is 27.6 Å². The number of carbonyl (C=O) groups is 2. The van der Waals surface area contributed by atoms with Crippen molar-refractivity contribution < 1.29 is 14.7 Å². The summed E-state index contributed by atoms with van der Waals surface area (Å²) < 4.78 is 1.09. The standard InChI is InChI=1S/C24H17IN2O3S/c25-19-6-4-5-17(13-19)14-21-22(28)27(15-16-9-11-18(12-10-16)23(29)30)24(31-21)26-20-7-2-1-3-8-20/h1-14H,15H2,(H,29,30). The number of hydrogen-bond donors (Lipinski definition) is 1. The summed E-state index contributed by atoms with van der Waals surface area (Å²) in [5, 5.41) is 9.70. The Morgan fingerprint density at radius 2 is 1.77 bits per heavy atom. The first-order chi connectivity index (χ1) is 15.0. The number of amides is 1. The first kappa shape index (κ1) is 21.3. The van der Waals surface area contributed by atoms with Crippen LogP contribution in [-0.2, 0) is 11.3 Å². The number of carbonyl (C=O) groups excluding carboxylic acids is 1. The van der Waals surface area contributed by atoms with Gasteiger partial charge in [-0.25, -0.2) is 9.79 Å². The molecule has 1 saturated heterocycles. The molecule has 1 heterocycles. The van der Waals surface area contributed by atoms with Crippen molar-refractivity contribution in [2.45, 2.75) is 6.54 Å². The molecule has 0 bridgehead atoms. The number of carboxylic acid groups (broad SMARTS) is 1. The lowest BCUT2D eigenvalue weighted by molar-refractivity contribution is -0.122. The van der Waals surface area contributed by atoms with Crippen LogP contribution in [0.5, 0.6) is 0 Å². The highest BCUT2D eigenvalue weighted by atomic mass is 127. The molecule has 0 saturated carbocycles. The van der Waals surface area contributed by atoms with Gasteiger partial charge in [-0.3, -0.25) is 9.69 Å². The molecule has 1 aliphatic heterocycles. The molecule has 1 aliphatic rings. The zero-order valence-corrected chi connectivity index (χ0v) is 19.2. The quantitative estimate of drug-likeness (QED) is 0.329. The summed E-state index contributed by atoms with van der Waals surface area (Å²) in [5.41, 5.74) is 2.76. The first-order valence-electron chi connectivity index (χ1n) is 9.42. The van der Waals surface area contributed by atoms with Gasteiger partial charge in [-0.2, -0.15) is 0 Å². The summed E-state index contributed by atoms with van der Waals surface area (Å²) in [6, 6.07) is 24.0. The maximum atomic E-state index is 13.2. The Bertz CT molecular complexity index is 1190. The van der Waals surface area contributed by atoms with Crippen molar-refractivity contribution >= 4 is 63.2 Å². The number of thioether (sulfide) groups is 1. The summed E-state index contributed by atoms with van der Waals surface area (Å²) in [6.07, 6.45) is 1.88. The van der Waals surface area contributed by atoms with Crippen LogP contribution < -0.4 is 0 Å². The lowest BCUT2D eigenvalue weighted by Crippen LogP contribution is -2.28. The van der Waals surface area contributed by atoms with Crippen LogP contribution in [0.4, 0.5) is 5.69 Å².